The van der Waals surface area contributed by atoms with E-state index in [0.29, 0.717) is 37.4 Å². The van der Waals surface area contributed by atoms with Crippen molar-refractivity contribution in [2.45, 2.75) is 6.36 Å². The largest absolute Gasteiger partial charge is 0.573 e. The lowest BCUT2D eigenvalue weighted by Crippen LogP contribution is -2.47. The van der Waals surface area contributed by atoms with Gasteiger partial charge >= 0.3 is 6.36 Å². The van der Waals surface area contributed by atoms with Crippen molar-refractivity contribution in [2.75, 3.05) is 36.0 Å². The van der Waals surface area contributed by atoms with Crippen molar-refractivity contribution >= 4 is 17.5 Å². The standard InChI is InChI=1S/C22H19F4N5O2/c23-16-6-1-2-7-19(16)30-8-10-31(11-9-30)21-28-17(13-18(29-21)20(27)32)14-4-3-5-15(12-14)33-22(24,25)26/h1-7,12-13H,8-11H2,(H2,27,32). The van der Waals surface area contributed by atoms with Crippen molar-refractivity contribution in [1.29, 1.82) is 0 Å². The molecule has 7 nitrogen and oxygen atoms in total. The first kappa shape index (κ1) is 22.3. The third-order valence-electron chi connectivity index (χ3n) is 5.09. The maximum absolute atomic E-state index is 14.1. The van der Waals surface area contributed by atoms with E-state index in [9.17, 15) is 22.4 Å². The number of primary amides is 1. The zero-order valence-electron chi connectivity index (χ0n) is 17.2. The number of hydrogen-bond donors (Lipinski definition) is 1. The molecule has 1 amide bonds. The van der Waals surface area contributed by atoms with Gasteiger partial charge in [0.25, 0.3) is 5.91 Å². The van der Waals surface area contributed by atoms with Crippen LogP contribution in [0.1, 0.15) is 10.5 Å². The highest BCUT2D eigenvalue weighted by Gasteiger charge is 2.31. The Morgan fingerprint density at radius 1 is 0.939 bits per heavy atom. The van der Waals surface area contributed by atoms with E-state index in [1.807, 2.05) is 9.80 Å². The van der Waals surface area contributed by atoms with Gasteiger partial charge in [-0.2, -0.15) is 0 Å². The van der Waals surface area contributed by atoms with Crippen LogP contribution in [0, 0.1) is 5.82 Å². The summed E-state index contributed by atoms with van der Waals surface area (Å²) in [6.45, 7) is 1.84. The number of anilines is 2. The Morgan fingerprint density at radius 3 is 2.30 bits per heavy atom. The van der Waals surface area contributed by atoms with Crippen molar-refractivity contribution in [3.63, 3.8) is 0 Å². The van der Waals surface area contributed by atoms with Crippen molar-refractivity contribution < 1.29 is 27.1 Å². The second-order valence-corrected chi connectivity index (χ2v) is 7.30. The Kier molecular flexibility index (Phi) is 6.03. The van der Waals surface area contributed by atoms with Crippen LogP contribution in [0.5, 0.6) is 5.75 Å². The number of nitrogens with zero attached hydrogens (tertiary/aromatic N) is 4. The number of alkyl halides is 3. The number of nitrogens with two attached hydrogens (primary N) is 1. The first-order chi connectivity index (χ1) is 15.7. The molecule has 1 aliphatic heterocycles. The molecule has 0 atom stereocenters. The highest BCUT2D eigenvalue weighted by Crippen LogP contribution is 2.29. The number of aromatic nitrogens is 2. The van der Waals surface area contributed by atoms with Gasteiger partial charge in [0.1, 0.15) is 17.3 Å². The van der Waals surface area contributed by atoms with Crippen LogP contribution in [0.2, 0.25) is 0 Å². The minimum Gasteiger partial charge on any atom is -0.406 e. The lowest BCUT2D eigenvalue weighted by atomic mass is 10.1. The van der Waals surface area contributed by atoms with Crippen LogP contribution < -0.4 is 20.3 Å². The van der Waals surface area contributed by atoms with Crippen LogP contribution in [-0.4, -0.2) is 48.4 Å². The number of rotatable bonds is 5. The fourth-order valence-electron chi connectivity index (χ4n) is 3.56. The molecule has 33 heavy (non-hydrogen) atoms. The van der Waals surface area contributed by atoms with Crippen molar-refractivity contribution in [1.82, 2.24) is 9.97 Å². The number of carbonyl (C=O) groups is 1. The monoisotopic (exact) mass is 461 g/mol. The van der Waals surface area contributed by atoms with Gasteiger partial charge in [0.05, 0.1) is 11.4 Å². The zero-order valence-corrected chi connectivity index (χ0v) is 17.2. The third kappa shape index (κ3) is 5.30. The minimum absolute atomic E-state index is 0.0753. The molecule has 2 heterocycles. The molecule has 1 saturated heterocycles. The summed E-state index contributed by atoms with van der Waals surface area (Å²) < 4.78 is 55.8. The Morgan fingerprint density at radius 2 is 1.64 bits per heavy atom. The molecule has 172 valence electrons. The highest BCUT2D eigenvalue weighted by molar-refractivity contribution is 5.92. The van der Waals surface area contributed by atoms with Crippen molar-refractivity contribution in [3.8, 4) is 17.0 Å². The molecule has 0 spiro atoms. The first-order valence-electron chi connectivity index (χ1n) is 9.99. The van der Waals surface area contributed by atoms with Crippen LogP contribution in [0.15, 0.2) is 54.6 Å². The summed E-state index contributed by atoms with van der Waals surface area (Å²) in [4.78, 5) is 24.2. The summed E-state index contributed by atoms with van der Waals surface area (Å²) in [5, 5.41) is 0. The molecular formula is C22H19F4N5O2. The fourth-order valence-corrected chi connectivity index (χ4v) is 3.56. The molecule has 3 aromatic rings. The molecule has 0 aliphatic carbocycles. The number of ether oxygens (including phenoxy) is 1. The minimum atomic E-state index is -4.84. The van der Waals surface area contributed by atoms with Gasteiger partial charge in [-0.05, 0) is 30.3 Å². The number of para-hydroxylation sites is 1. The number of hydrogen-bond acceptors (Lipinski definition) is 6. The Balaban J connectivity index is 1.60. The molecule has 11 heteroatoms. The summed E-state index contributed by atoms with van der Waals surface area (Å²) in [7, 11) is 0. The molecule has 1 fully saturated rings. The van der Waals surface area contributed by atoms with Gasteiger partial charge in [-0.25, -0.2) is 14.4 Å². The van der Waals surface area contributed by atoms with E-state index >= 15 is 0 Å². The summed E-state index contributed by atoms with van der Waals surface area (Å²) in [5.74, 6) is -1.33. The molecule has 1 aliphatic rings. The van der Waals surface area contributed by atoms with E-state index in [1.54, 1.807) is 18.2 Å². The maximum Gasteiger partial charge on any atom is 0.573 e. The van der Waals surface area contributed by atoms with E-state index in [4.69, 9.17) is 5.73 Å². The van der Waals surface area contributed by atoms with E-state index in [0.717, 1.165) is 6.07 Å². The smallest absolute Gasteiger partial charge is 0.406 e. The molecule has 0 bridgehead atoms. The second kappa shape index (κ2) is 8.93. The predicted molar refractivity (Wildman–Crippen MR) is 113 cm³/mol. The van der Waals surface area contributed by atoms with Crippen LogP contribution in [0.3, 0.4) is 0 Å². The summed E-state index contributed by atoms with van der Waals surface area (Å²) in [6.07, 6.45) is -4.84. The molecule has 0 saturated carbocycles. The Hall–Kier alpha value is -3.89. The molecular weight excluding hydrogens is 442 g/mol. The Bertz CT molecular complexity index is 1160. The van der Waals surface area contributed by atoms with E-state index < -0.39 is 18.0 Å². The number of amides is 1. The van der Waals surface area contributed by atoms with Gasteiger partial charge in [0, 0.05) is 31.7 Å². The van der Waals surface area contributed by atoms with Crippen LogP contribution in [0.25, 0.3) is 11.3 Å². The number of benzene rings is 2. The van der Waals surface area contributed by atoms with Crippen LogP contribution in [-0.2, 0) is 0 Å². The van der Waals surface area contributed by atoms with Crippen LogP contribution in [0.4, 0.5) is 29.2 Å². The van der Waals surface area contributed by atoms with Crippen molar-refractivity contribution in [2.24, 2.45) is 5.73 Å². The average Bonchev–Trinajstić information content (AvgIpc) is 2.78. The third-order valence-corrected chi connectivity index (χ3v) is 5.09. The van der Waals surface area contributed by atoms with Gasteiger partial charge in [-0.1, -0.05) is 24.3 Å². The van der Waals surface area contributed by atoms with Gasteiger partial charge in [-0.3, -0.25) is 4.79 Å². The quantitative estimate of drug-likeness (QED) is 0.585. The average molecular weight is 461 g/mol. The SMILES string of the molecule is NC(=O)c1cc(-c2cccc(OC(F)(F)F)c2)nc(N2CCN(c3ccccc3F)CC2)n1. The van der Waals surface area contributed by atoms with E-state index in [1.165, 1.54) is 30.3 Å². The highest BCUT2D eigenvalue weighted by atomic mass is 19.4. The normalized spacial score (nSPS) is 14.3. The zero-order chi connectivity index (χ0) is 23.6. The van der Waals surface area contributed by atoms with E-state index in [-0.39, 0.29) is 23.2 Å². The van der Waals surface area contributed by atoms with Crippen LogP contribution >= 0.6 is 0 Å². The molecule has 0 unspecified atom stereocenters. The fraction of sp³-hybridized carbons (Fsp3) is 0.227. The Labute approximate surface area is 186 Å². The maximum atomic E-state index is 14.1. The molecule has 0 radical (unpaired) electrons. The molecule has 1 aromatic heterocycles. The topological polar surface area (TPSA) is 84.6 Å². The summed E-state index contributed by atoms with van der Waals surface area (Å²) in [5.41, 5.74) is 6.35. The van der Waals surface area contributed by atoms with E-state index in [2.05, 4.69) is 14.7 Å². The first-order valence-corrected chi connectivity index (χ1v) is 9.99. The molecule has 4 rings (SSSR count). The summed E-state index contributed by atoms with van der Waals surface area (Å²) >= 11 is 0. The molecule has 2 N–H and O–H groups in total. The molecule has 2 aromatic carbocycles. The second-order valence-electron chi connectivity index (χ2n) is 7.30. The summed E-state index contributed by atoms with van der Waals surface area (Å²) in [6, 6.07) is 13.0. The number of halogens is 4. The van der Waals surface area contributed by atoms with Gasteiger partial charge in [-0.15, -0.1) is 13.2 Å². The van der Waals surface area contributed by atoms with Gasteiger partial charge in [0.2, 0.25) is 5.95 Å². The number of piperazine rings is 1. The predicted octanol–water partition coefficient (Wildman–Crippen LogP) is 3.61. The number of carbonyl (C=O) groups excluding carboxylic acids is 1. The van der Waals surface area contributed by atoms with Gasteiger partial charge < -0.3 is 20.3 Å². The lowest BCUT2D eigenvalue weighted by Gasteiger charge is -2.36. The lowest BCUT2D eigenvalue weighted by molar-refractivity contribution is -0.274. The van der Waals surface area contributed by atoms with Crippen molar-refractivity contribution in [3.05, 3.63) is 66.1 Å². The van der Waals surface area contributed by atoms with Gasteiger partial charge in [0.15, 0.2) is 0 Å².